The number of thioether (sulfide) groups is 1. The van der Waals surface area contributed by atoms with E-state index in [4.69, 9.17) is 10.1 Å². The fourth-order valence-electron chi connectivity index (χ4n) is 3.11. The van der Waals surface area contributed by atoms with Crippen molar-refractivity contribution < 1.29 is 5.11 Å². The number of hydrogen-bond donors (Lipinski definition) is 2. The number of aryl methyl sites for hydroxylation is 1. The fraction of sp³-hybridized carbons (Fsp3) is 0.318. The van der Waals surface area contributed by atoms with Gasteiger partial charge in [-0.05, 0) is 31.0 Å². The zero-order valence-electron chi connectivity index (χ0n) is 18.0. The third kappa shape index (κ3) is 5.25. The topological polar surface area (TPSA) is 98.9 Å². The summed E-state index contributed by atoms with van der Waals surface area (Å²) in [5.41, 5.74) is 1.76. The predicted molar refractivity (Wildman–Crippen MR) is 131 cm³/mol. The molecule has 0 radical (unpaired) electrons. The van der Waals surface area contributed by atoms with E-state index >= 15 is 0 Å². The summed E-state index contributed by atoms with van der Waals surface area (Å²) in [6.07, 6.45) is 4.11. The molecule has 1 atom stereocenters. The van der Waals surface area contributed by atoms with Gasteiger partial charge >= 0.3 is 0 Å². The van der Waals surface area contributed by atoms with Gasteiger partial charge in [-0.1, -0.05) is 61.2 Å². The molecule has 4 rings (SSSR count). The molecule has 1 unspecified atom stereocenters. The van der Waals surface area contributed by atoms with Crippen molar-refractivity contribution in [1.82, 2.24) is 20.2 Å². The molecule has 8 nitrogen and oxygen atoms in total. The Morgan fingerprint density at radius 3 is 2.69 bits per heavy atom. The van der Waals surface area contributed by atoms with Crippen molar-refractivity contribution in [3.63, 3.8) is 0 Å². The maximum atomic E-state index is 10.5. The van der Waals surface area contributed by atoms with Crippen LogP contribution in [0.4, 0.5) is 5.13 Å². The summed E-state index contributed by atoms with van der Waals surface area (Å²) in [6.45, 7) is 4.65. The van der Waals surface area contributed by atoms with Crippen molar-refractivity contribution >= 4 is 39.2 Å². The van der Waals surface area contributed by atoms with Crippen LogP contribution < -0.4 is 5.32 Å². The number of hydrogen-bond acceptors (Lipinski definition) is 8. The Hall–Kier alpha value is -2.98. The molecular weight excluding hydrogens is 442 g/mol. The van der Waals surface area contributed by atoms with Crippen molar-refractivity contribution in [2.24, 2.45) is 10.1 Å². The molecule has 0 aliphatic carbocycles. The monoisotopic (exact) mass is 467 g/mol. The standard InChI is InChI=1S/C22H25N7OS2/c1-3-18-26-27-22(32-18)25-21(24-14-12-15-9-7-8-13-23-15)29-20(31-19(4-2)28-29)16-10-5-6-11-17(16)30/h5-11,13,20,30H,3-4,12,14H2,1-2H3,(H,24,25,27). The van der Waals surface area contributed by atoms with Crippen LogP contribution in [0.2, 0.25) is 0 Å². The summed E-state index contributed by atoms with van der Waals surface area (Å²) in [4.78, 5) is 9.22. The highest BCUT2D eigenvalue weighted by Gasteiger charge is 2.33. The molecule has 10 heteroatoms. The number of aromatic nitrogens is 3. The highest BCUT2D eigenvalue weighted by Crippen LogP contribution is 2.43. The van der Waals surface area contributed by atoms with Gasteiger partial charge in [-0.3, -0.25) is 15.3 Å². The number of nitrogens with zero attached hydrogens (tertiary/aromatic N) is 6. The molecule has 0 spiro atoms. The van der Waals surface area contributed by atoms with Crippen LogP contribution in [0.15, 0.2) is 58.8 Å². The second kappa shape index (κ2) is 10.6. The summed E-state index contributed by atoms with van der Waals surface area (Å²) in [5.74, 6) is 0.809. The number of para-hydroxylation sites is 1. The highest BCUT2D eigenvalue weighted by atomic mass is 32.2. The minimum absolute atomic E-state index is 0.231. The lowest BCUT2D eigenvalue weighted by atomic mass is 10.2. The molecule has 0 saturated heterocycles. The van der Waals surface area contributed by atoms with Crippen LogP contribution in [0.1, 0.15) is 41.9 Å². The second-order valence-electron chi connectivity index (χ2n) is 6.98. The van der Waals surface area contributed by atoms with E-state index in [0.717, 1.165) is 34.2 Å². The number of anilines is 1. The zero-order valence-corrected chi connectivity index (χ0v) is 19.6. The lowest BCUT2D eigenvalue weighted by Crippen LogP contribution is -2.33. The second-order valence-corrected chi connectivity index (χ2v) is 9.19. The molecule has 3 aromatic rings. The van der Waals surface area contributed by atoms with Gasteiger partial charge in [0.2, 0.25) is 11.1 Å². The Bertz CT molecular complexity index is 1100. The van der Waals surface area contributed by atoms with Crippen LogP contribution >= 0.6 is 23.1 Å². The Kier molecular flexibility index (Phi) is 7.33. The van der Waals surface area contributed by atoms with Gasteiger partial charge in [-0.25, -0.2) is 5.01 Å². The van der Waals surface area contributed by atoms with Gasteiger partial charge in [0.1, 0.15) is 16.1 Å². The largest absolute Gasteiger partial charge is 0.508 e. The van der Waals surface area contributed by atoms with Crippen molar-refractivity contribution in [1.29, 1.82) is 0 Å². The molecule has 2 aromatic heterocycles. The van der Waals surface area contributed by atoms with E-state index in [2.05, 4.69) is 34.3 Å². The van der Waals surface area contributed by atoms with Gasteiger partial charge in [0, 0.05) is 30.4 Å². The van der Waals surface area contributed by atoms with Crippen LogP contribution in [0.25, 0.3) is 0 Å². The summed E-state index contributed by atoms with van der Waals surface area (Å²) in [5, 5.41) is 31.3. The van der Waals surface area contributed by atoms with Crippen LogP contribution in [0.3, 0.4) is 0 Å². The van der Waals surface area contributed by atoms with Gasteiger partial charge in [0.05, 0.1) is 5.04 Å². The van der Waals surface area contributed by atoms with E-state index in [-0.39, 0.29) is 11.1 Å². The Morgan fingerprint density at radius 2 is 1.97 bits per heavy atom. The normalized spacial score (nSPS) is 16.3. The third-order valence-electron chi connectivity index (χ3n) is 4.76. The fourth-order valence-corrected chi connectivity index (χ4v) is 4.92. The quantitative estimate of drug-likeness (QED) is 0.384. The first kappa shape index (κ1) is 22.2. The molecule has 0 bridgehead atoms. The summed E-state index contributed by atoms with van der Waals surface area (Å²) in [6, 6.07) is 13.2. The minimum atomic E-state index is -0.231. The van der Waals surface area contributed by atoms with Crippen LogP contribution in [-0.2, 0) is 12.8 Å². The number of aliphatic imine (C=N–C) groups is 1. The first-order chi connectivity index (χ1) is 15.7. The number of phenolic OH excluding ortho intramolecular Hbond substituents is 1. The number of guanidine groups is 1. The van der Waals surface area contributed by atoms with Crippen molar-refractivity contribution in [2.75, 3.05) is 11.9 Å². The molecule has 3 heterocycles. The van der Waals surface area contributed by atoms with Crippen LogP contribution in [-0.4, -0.2) is 42.8 Å². The number of phenols is 1. The first-order valence-corrected chi connectivity index (χ1v) is 12.2. The molecule has 32 heavy (non-hydrogen) atoms. The van der Waals surface area contributed by atoms with Crippen LogP contribution in [0.5, 0.6) is 5.75 Å². The average molecular weight is 468 g/mol. The Balaban J connectivity index is 1.64. The molecule has 1 aromatic carbocycles. The zero-order chi connectivity index (χ0) is 22.3. The number of aromatic hydroxyl groups is 1. The minimum Gasteiger partial charge on any atom is -0.508 e. The van der Waals surface area contributed by atoms with Crippen molar-refractivity contribution in [2.45, 2.75) is 38.5 Å². The third-order valence-corrected chi connectivity index (χ3v) is 7.06. The molecule has 0 amide bonds. The van der Waals surface area contributed by atoms with E-state index in [1.54, 1.807) is 24.0 Å². The Morgan fingerprint density at radius 1 is 1.12 bits per heavy atom. The number of benzene rings is 1. The number of nitrogens with one attached hydrogen (secondary N) is 1. The molecule has 1 aliphatic rings. The summed E-state index contributed by atoms with van der Waals surface area (Å²) in [7, 11) is 0. The van der Waals surface area contributed by atoms with Crippen molar-refractivity contribution in [3.8, 4) is 5.75 Å². The maximum absolute atomic E-state index is 10.5. The molecule has 166 valence electrons. The first-order valence-electron chi connectivity index (χ1n) is 10.5. The van der Waals surface area contributed by atoms with Crippen molar-refractivity contribution in [3.05, 3.63) is 64.9 Å². The van der Waals surface area contributed by atoms with Gasteiger partial charge in [-0.15, -0.1) is 10.2 Å². The lowest BCUT2D eigenvalue weighted by molar-refractivity contribution is 0.410. The molecule has 2 N–H and O–H groups in total. The van der Waals surface area contributed by atoms with E-state index in [9.17, 15) is 5.11 Å². The van der Waals surface area contributed by atoms with Gasteiger partial charge in [0.25, 0.3) is 0 Å². The summed E-state index contributed by atoms with van der Waals surface area (Å²) >= 11 is 3.11. The van der Waals surface area contributed by atoms with Gasteiger partial charge in [-0.2, -0.15) is 5.10 Å². The molecule has 1 aliphatic heterocycles. The average Bonchev–Trinajstić information content (AvgIpc) is 3.46. The van der Waals surface area contributed by atoms with Gasteiger partial charge in [0.15, 0.2) is 0 Å². The lowest BCUT2D eigenvalue weighted by Gasteiger charge is -2.24. The van der Waals surface area contributed by atoms with E-state index in [1.165, 1.54) is 11.3 Å². The molecule has 0 saturated carbocycles. The summed E-state index contributed by atoms with van der Waals surface area (Å²) < 4.78 is 0. The van der Waals surface area contributed by atoms with E-state index < -0.39 is 0 Å². The van der Waals surface area contributed by atoms with E-state index in [0.29, 0.717) is 24.1 Å². The SMILES string of the molecule is CCC1=NN(C(=NCCc2ccccn2)Nc2nnc(CC)s2)C(c2ccccc2O)S1. The number of pyridine rings is 1. The highest BCUT2D eigenvalue weighted by molar-refractivity contribution is 8.14. The number of hydrazone groups is 1. The predicted octanol–water partition coefficient (Wildman–Crippen LogP) is 4.68. The van der Waals surface area contributed by atoms with Gasteiger partial charge < -0.3 is 5.11 Å². The number of rotatable bonds is 7. The van der Waals surface area contributed by atoms with E-state index in [1.807, 2.05) is 41.4 Å². The maximum Gasteiger partial charge on any atom is 0.222 e. The molecule has 0 fully saturated rings. The smallest absolute Gasteiger partial charge is 0.222 e. The molecular formula is C22H25N7OS2. The Labute approximate surface area is 195 Å². The van der Waals surface area contributed by atoms with Crippen LogP contribution in [0, 0.1) is 0 Å².